The Morgan fingerprint density at radius 2 is 2.06 bits per heavy atom. The minimum absolute atomic E-state index is 0.0818. The van der Waals surface area contributed by atoms with E-state index in [1.165, 1.54) is 11.3 Å². The quantitative estimate of drug-likeness (QED) is 0.507. The van der Waals surface area contributed by atoms with E-state index < -0.39 is 25.1 Å². The molecule has 0 bridgehead atoms. The van der Waals surface area contributed by atoms with Gasteiger partial charge in [-0.25, -0.2) is 4.39 Å². The molecule has 3 saturated heterocycles. The topological polar surface area (TPSA) is 86.7 Å². The molecule has 0 aliphatic carbocycles. The van der Waals surface area contributed by atoms with Gasteiger partial charge in [0.05, 0.1) is 18.8 Å². The SMILES string of the molecule is O=C[C@@H]1CC[C@@H]2CCCC[C@H](NC(=O)c3cc4cc(C5(F)PP5O)ccc4s3)C(=O)N21. The summed E-state index contributed by atoms with van der Waals surface area (Å²) in [5, 5.41) is 2.05. The number of hydrogen-bond donors (Lipinski definition) is 2. The molecule has 1 aromatic heterocycles. The lowest BCUT2D eigenvalue weighted by atomic mass is 9.99. The lowest BCUT2D eigenvalue weighted by Gasteiger charge is -2.34. The summed E-state index contributed by atoms with van der Waals surface area (Å²) in [6, 6.07) is 5.92. The van der Waals surface area contributed by atoms with E-state index in [9.17, 15) is 23.7 Å². The van der Waals surface area contributed by atoms with Gasteiger partial charge in [0.2, 0.25) is 11.1 Å². The third-order valence-electron chi connectivity index (χ3n) is 6.46. The molecule has 2 N–H and O–H groups in total. The molecule has 3 aliphatic rings. The van der Waals surface area contributed by atoms with E-state index >= 15 is 0 Å². The number of rotatable bonds is 4. The fraction of sp³-hybridized carbons (Fsp3) is 0.476. The van der Waals surface area contributed by atoms with Gasteiger partial charge in [-0.15, -0.1) is 11.3 Å². The maximum absolute atomic E-state index is 14.6. The zero-order chi connectivity index (χ0) is 21.8. The largest absolute Gasteiger partial charge is 0.365 e. The third kappa shape index (κ3) is 3.82. The van der Waals surface area contributed by atoms with Gasteiger partial charge < -0.3 is 19.9 Å². The Morgan fingerprint density at radius 3 is 2.81 bits per heavy atom. The molecule has 6 atom stereocenters. The Balaban J connectivity index is 1.35. The number of aldehydes is 1. The lowest BCUT2D eigenvalue weighted by molar-refractivity contribution is -0.139. The Kier molecular flexibility index (Phi) is 5.62. The number of alkyl halides is 1. The fourth-order valence-corrected chi connectivity index (χ4v) is 8.45. The van der Waals surface area contributed by atoms with Crippen LogP contribution in [0, 0.1) is 0 Å². The highest BCUT2D eigenvalue weighted by Gasteiger charge is 2.57. The van der Waals surface area contributed by atoms with Gasteiger partial charge in [0.25, 0.3) is 5.91 Å². The van der Waals surface area contributed by atoms with Gasteiger partial charge in [0.1, 0.15) is 12.3 Å². The van der Waals surface area contributed by atoms with Crippen LogP contribution in [0.2, 0.25) is 0 Å². The van der Waals surface area contributed by atoms with Crippen LogP contribution in [0.1, 0.15) is 53.8 Å². The van der Waals surface area contributed by atoms with Gasteiger partial charge >= 0.3 is 0 Å². The predicted octanol–water partition coefficient (Wildman–Crippen LogP) is 4.21. The number of carbonyl (C=O) groups is 3. The highest BCUT2D eigenvalue weighted by atomic mass is 32.1. The van der Waals surface area contributed by atoms with Gasteiger partial charge in [-0.1, -0.05) is 18.9 Å². The molecular weight excluding hydrogens is 457 g/mol. The van der Waals surface area contributed by atoms with Crippen molar-refractivity contribution in [1.82, 2.24) is 10.2 Å². The first kappa shape index (κ1) is 21.4. The molecule has 0 radical (unpaired) electrons. The molecule has 4 heterocycles. The molecule has 0 saturated carbocycles. The van der Waals surface area contributed by atoms with Crippen molar-refractivity contribution in [2.24, 2.45) is 0 Å². The van der Waals surface area contributed by atoms with E-state index in [-0.39, 0.29) is 26.1 Å². The standard InChI is InChI=1S/C21H23FN2O4P2S/c22-21(29-30(21)28)13-5-8-17-12(9-13)10-18(31-17)19(26)23-16-4-2-1-3-14-6-7-15(11-25)24(14)20(16)27/h5,8-11,14-16,28-29H,1-4,6-7H2,(H,23,26)/t14-,15-,16-,21?,30?/m0/s1. The van der Waals surface area contributed by atoms with Crippen LogP contribution >= 0.6 is 27.4 Å². The van der Waals surface area contributed by atoms with E-state index in [0.717, 1.165) is 42.1 Å². The second-order valence-corrected chi connectivity index (χ2v) is 14.0. The van der Waals surface area contributed by atoms with Crippen molar-refractivity contribution in [3.8, 4) is 0 Å². The highest BCUT2D eigenvalue weighted by molar-refractivity contribution is 8.36. The zero-order valence-electron chi connectivity index (χ0n) is 16.7. The molecule has 5 rings (SSSR count). The number of nitrogens with one attached hydrogen (secondary N) is 1. The van der Waals surface area contributed by atoms with Gasteiger partial charge in [-0.2, -0.15) is 0 Å². The van der Waals surface area contributed by atoms with Crippen molar-refractivity contribution < 1.29 is 23.7 Å². The average molecular weight is 480 g/mol. The van der Waals surface area contributed by atoms with Crippen LogP contribution in [-0.2, 0) is 14.7 Å². The molecule has 3 aliphatic heterocycles. The summed E-state index contributed by atoms with van der Waals surface area (Å²) in [6.45, 7) is 0. The summed E-state index contributed by atoms with van der Waals surface area (Å²) in [4.78, 5) is 49.4. The molecule has 10 heteroatoms. The number of fused-ring (bicyclic) bond motifs is 2. The molecule has 2 amide bonds. The molecular formula is C21H23FN2O4P2S. The first-order valence-corrected chi connectivity index (χ1v) is 14.4. The Hall–Kier alpha value is -1.46. The molecule has 2 aromatic rings. The number of hydrogen-bond acceptors (Lipinski definition) is 5. The monoisotopic (exact) mass is 480 g/mol. The molecule has 0 spiro atoms. The summed E-state index contributed by atoms with van der Waals surface area (Å²) < 4.78 is 15.4. The van der Waals surface area contributed by atoms with Gasteiger partial charge in [0.15, 0.2) is 0 Å². The highest BCUT2D eigenvalue weighted by Crippen LogP contribution is 2.94. The van der Waals surface area contributed by atoms with Crippen molar-refractivity contribution in [3.05, 3.63) is 34.7 Å². The van der Waals surface area contributed by atoms with Crippen LogP contribution < -0.4 is 5.32 Å². The van der Waals surface area contributed by atoms with E-state index in [1.807, 2.05) is 0 Å². The first-order chi connectivity index (χ1) is 14.9. The summed E-state index contributed by atoms with van der Waals surface area (Å²) in [6.07, 6.45) is 5.65. The van der Waals surface area contributed by atoms with Crippen LogP contribution in [0.25, 0.3) is 10.1 Å². The molecule has 6 nitrogen and oxygen atoms in total. The normalized spacial score (nSPS) is 33.7. The molecule has 1 aromatic carbocycles. The van der Waals surface area contributed by atoms with Gasteiger partial charge in [0, 0.05) is 16.3 Å². The van der Waals surface area contributed by atoms with E-state index in [0.29, 0.717) is 23.3 Å². The van der Waals surface area contributed by atoms with Gasteiger partial charge in [-0.05, 0) is 57.5 Å². The second-order valence-electron chi connectivity index (χ2n) is 8.40. The van der Waals surface area contributed by atoms with Crippen molar-refractivity contribution in [1.29, 1.82) is 0 Å². The van der Waals surface area contributed by atoms with Crippen molar-refractivity contribution in [2.75, 3.05) is 0 Å². The third-order valence-corrected chi connectivity index (χ3v) is 11.6. The minimum Gasteiger partial charge on any atom is -0.365 e. The Bertz CT molecular complexity index is 1070. The van der Waals surface area contributed by atoms with Crippen molar-refractivity contribution in [2.45, 2.75) is 61.8 Å². The Labute approximate surface area is 186 Å². The van der Waals surface area contributed by atoms with Crippen molar-refractivity contribution >= 4 is 55.6 Å². The van der Waals surface area contributed by atoms with E-state index in [2.05, 4.69) is 5.32 Å². The second kappa shape index (κ2) is 8.15. The lowest BCUT2D eigenvalue weighted by Crippen LogP contribution is -2.53. The predicted molar refractivity (Wildman–Crippen MR) is 122 cm³/mol. The van der Waals surface area contributed by atoms with Crippen LogP contribution in [0.3, 0.4) is 0 Å². The van der Waals surface area contributed by atoms with Crippen LogP contribution in [0.5, 0.6) is 0 Å². The molecule has 31 heavy (non-hydrogen) atoms. The number of amides is 2. The number of carbonyl (C=O) groups excluding carboxylic acids is 3. The summed E-state index contributed by atoms with van der Waals surface area (Å²) >= 11 is 1.30. The number of nitrogens with zero attached hydrogens (tertiary/aromatic N) is 1. The number of halogens is 1. The van der Waals surface area contributed by atoms with Gasteiger partial charge in [-0.3, -0.25) is 9.59 Å². The molecule has 164 valence electrons. The molecule has 3 fully saturated rings. The van der Waals surface area contributed by atoms with Crippen molar-refractivity contribution in [3.63, 3.8) is 0 Å². The fourth-order valence-electron chi connectivity index (χ4n) is 4.73. The van der Waals surface area contributed by atoms with E-state index in [4.69, 9.17) is 0 Å². The minimum atomic E-state index is -1.60. The summed E-state index contributed by atoms with van der Waals surface area (Å²) in [5.41, 5.74) is 0.465. The number of benzene rings is 1. The zero-order valence-corrected chi connectivity index (χ0v) is 19.4. The van der Waals surface area contributed by atoms with Crippen LogP contribution in [0.4, 0.5) is 4.39 Å². The summed E-state index contributed by atoms with van der Waals surface area (Å²) in [5.74, 6) is -0.491. The maximum atomic E-state index is 14.6. The van der Waals surface area contributed by atoms with Crippen LogP contribution in [0.15, 0.2) is 24.3 Å². The van der Waals surface area contributed by atoms with Crippen LogP contribution in [-0.4, -0.2) is 46.0 Å². The summed E-state index contributed by atoms with van der Waals surface area (Å²) in [7, 11) is -1.66. The first-order valence-electron chi connectivity index (χ1n) is 10.5. The maximum Gasteiger partial charge on any atom is 0.262 e. The molecule has 3 unspecified atom stereocenters. The number of thiophene rings is 1. The smallest absolute Gasteiger partial charge is 0.262 e. The average Bonchev–Trinajstić information content (AvgIpc) is 3.12. The Morgan fingerprint density at radius 1 is 1.29 bits per heavy atom. The van der Waals surface area contributed by atoms with E-state index in [1.54, 1.807) is 29.2 Å².